The Labute approximate surface area is 90.8 Å². The fraction of sp³-hybridized carbons (Fsp3) is 0.250. The van der Waals surface area contributed by atoms with Crippen LogP contribution in [-0.2, 0) is 4.89 Å². The normalized spacial score (nSPS) is 12.6. The molecule has 0 saturated carbocycles. The molecule has 0 aliphatic heterocycles. The highest BCUT2D eigenvalue weighted by atomic mass is 79.9. The molecule has 1 aromatic carbocycles. The summed E-state index contributed by atoms with van der Waals surface area (Å²) in [6.07, 6.45) is -4.75. The molecule has 0 aliphatic rings. The fourth-order valence-corrected chi connectivity index (χ4v) is 0.690. The lowest BCUT2D eigenvalue weighted by atomic mass is 10.3. The van der Waals surface area contributed by atoms with E-state index in [4.69, 9.17) is 0 Å². The van der Waals surface area contributed by atoms with Gasteiger partial charge < -0.3 is 4.89 Å². The second-order valence-electron chi connectivity index (χ2n) is 2.49. The Morgan fingerprint density at radius 1 is 1.00 bits per heavy atom. The summed E-state index contributed by atoms with van der Waals surface area (Å²) in [5.41, 5.74) is 0. The lowest BCUT2D eigenvalue weighted by molar-refractivity contribution is -0.428. The molecule has 2 nitrogen and oxygen atoms in total. The standard InChI is InChI=1S/C8H5BrF4O2/c9-7(10,11)8(12,13)15-14-6-4-2-1-3-5-6/h1-5H. The van der Waals surface area contributed by atoms with Crippen LogP contribution in [0.1, 0.15) is 0 Å². The van der Waals surface area contributed by atoms with Gasteiger partial charge in [-0.1, -0.05) is 18.2 Å². The summed E-state index contributed by atoms with van der Waals surface area (Å²) in [4.78, 5) is 2.90. The molecule has 0 aromatic heterocycles. The number of hydrogen-bond donors (Lipinski definition) is 0. The Hall–Kier alpha value is -0.820. The van der Waals surface area contributed by atoms with Crippen molar-refractivity contribution in [1.29, 1.82) is 0 Å². The van der Waals surface area contributed by atoms with Crippen LogP contribution in [0.3, 0.4) is 0 Å². The third-order valence-electron chi connectivity index (χ3n) is 1.32. The molecule has 0 heterocycles. The van der Waals surface area contributed by atoms with Gasteiger partial charge in [0.25, 0.3) is 0 Å². The zero-order chi connectivity index (χ0) is 11.5. The van der Waals surface area contributed by atoms with Gasteiger partial charge in [0.1, 0.15) is 0 Å². The first-order valence-corrected chi connectivity index (χ1v) is 4.47. The molecule has 0 fully saturated rings. The van der Waals surface area contributed by atoms with E-state index in [-0.39, 0.29) is 5.75 Å². The highest BCUT2D eigenvalue weighted by Crippen LogP contribution is 2.40. The summed E-state index contributed by atoms with van der Waals surface area (Å²) in [7, 11) is 0. The first-order valence-electron chi connectivity index (χ1n) is 3.68. The summed E-state index contributed by atoms with van der Waals surface area (Å²) in [5.74, 6) is -0.103. The Bertz CT molecular complexity index is 312. The van der Waals surface area contributed by atoms with E-state index < -0.39 is 10.9 Å². The Morgan fingerprint density at radius 2 is 1.53 bits per heavy atom. The van der Waals surface area contributed by atoms with E-state index in [1.165, 1.54) is 40.2 Å². The Balaban J connectivity index is 2.58. The summed E-state index contributed by atoms with van der Waals surface area (Å²) in [5, 5.41) is 0. The minimum absolute atomic E-state index is 0.103. The van der Waals surface area contributed by atoms with Crippen LogP contribution in [0, 0.1) is 0 Å². The minimum atomic E-state index is -4.75. The van der Waals surface area contributed by atoms with Crippen molar-refractivity contribution in [2.75, 3.05) is 0 Å². The summed E-state index contributed by atoms with van der Waals surface area (Å²) < 4.78 is 49.3. The topological polar surface area (TPSA) is 18.5 Å². The van der Waals surface area contributed by atoms with Crippen molar-refractivity contribution in [3.8, 4) is 5.75 Å². The average Bonchev–Trinajstić information content (AvgIpc) is 2.15. The van der Waals surface area contributed by atoms with Crippen LogP contribution < -0.4 is 4.89 Å². The van der Waals surface area contributed by atoms with Gasteiger partial charge in [-0.15, -0.1) is 4.89 Å². The number of halogens is 5. The maximum atomic E-state index is 12.5. The van der Waals surface area contributed by atoms with Gasteiger partial charge in [-0.2, -0.15) is 17.6 Å². The van der Waals surface area contributed by atoms with Crippen LogP contribution in [0.2, 0.25) is 0 Å². The molecule has 0 atom stereocenters. The number of benzene rings is 1. The molecule has 7 heteroatoms. The predicted molar refractivity (Wildman–Crippen MR) is 47.0 cm³/mol. The van der Waals surface area contributed by atoms with Gasteiger partial charge in [-0.25, -0.2) is 0 Å². The maximum Gasteiger partial charge on any atom is 0.465 e. The van der Waals surface area contributed by atoms with Crippen molar-refractivity contribution in [3.05, 3.63) is 30.3 Å². The lowest BCUT2D eigenvalue weighted by Crippen LogP contribution is -2.38. The third kappa shape index (κ3) is 3.35. The van der Waals surface area contributed by atoms with Crippen molar-refractivity contribution in [1.82, 2.24) is 0 Å². The second-order valence-corrected chi connectivity index (χ2v) is 3.49. The second kappa shape index (κ2) is 4.36. The van der Waals surface area contributed by atoms with E-state index in [1.54, 1.807) is 6.07 Å². The van der Waals surface area contributed by atoms with E-state index in [0.717, 1.165) is 0 Å². The third-order valence-corrected chi connectivity index (χ3v) is 1.78. The molecule has 0 amide bonds. The van der Waals surface area contributed by atoms with Crippen LogP contribution in [0.15, 0.2) is 30.3 Å². The molecule has 0 bridgehead atoms. The van der Waals surface area contributed by atoms with Crippen LogP contribution in [0.5, 0.6) is 5.75 Å². The van der Waals surface area contributed by atoms with Crippen LogP contribution in [0.25, 0.3) is 0 Å². The molecule has 15 heavy (non-hydrogen) atoms. The van der Waals surface area contributed by atoms with Gasteiger partial charge in [-0.05, 0) is 12.1 Å². The number of para-hydroxylation sites is 1. The Kier molecular flexibility index (Phi) is 3.56. The first-order chi connectivity index (χ1) is 6.83. The SMILES string of the molecule is FC(F)(Br)C(F)(F)OOc1ccccc1. The van der Waals surface area contributed by atoms with Crippen molar-refractivity contribution >= 4 is 15.9 Å². The van der Waals surface area contributed by atoms with Crippen molar-refractivity contribution in [2.24, 2.45) is 0 Å². The summed E-state index contributed by atoms with van der Waals surface area (Å²) in [6.45, 7) is 0. The molecule has 84 valence electrons. The van der Waals surface area contributed by atoms with Crippen molar-refractivity contribution < 1.29 is 27.3 Å². The van der Waals surface area contributed by atoms with Gasteiger partial charge in [0.05, 0.1) is 0 Å². The molecule has 0 spiro atoms. The lowest BCUT2D eigenvalue weighted by Gasteiger charge is -2.19. The van der Waals surface area contributed by atoms with Crippen molar-refractivity contribution in [2.45, 2.75) is 10.9 Å². The highest BCUT2D eigenvalue weighted by Gasteiger charge is 2.58. The number of hydrogen-bond acceptors (Lipinski definition) is 2. The van der Waals surface area contributed by atoms with Crippen molar-refractivity contribution in [3.63, 3.8) is 0 Å². The van der Waals surface area contributed by atoms with Crippen LogP contribution in [-0.4, -0.2) is 10.9 Å². The highest BCUT2D eigenvalue weighted by molar-refractivity contribution is 9.10. The fourth-order valence-electron chi connectivity index (χ4n) is 0.624. The quantitative estimate of drug-likeness (QED) is 0.365. The predicted octanol–water partition coefficient (Wildman–Crippen LogP) is 3.58. The van der Waals surface area contributed by atoms with E-state index in [9.17, 15) is 17.6 Å². The smallest absolute Gasteiger partial charge is 0.331 e. The van der Waals surface area contributed by atoms with E-state index >= 15 is 0 Å². The van der Waals surface area contributed by atoms with E-state index in [1.807, 2.05) is 0 Å². The maximum absolute atomic E-state index is 12.5. The summed E-state index contributed by atoms with van der Waals surface area (Å²) >= 11 is 1.49. The first kappa shape index (κ1) is 12.3. The van der Waals surface area contributed by atoms with Gasteiger partial charge >= 0.3 is 10.9 Å². The van der Waals surface area contributed by atoms with Gasteiger partial charge in [0.15, 0.2) is 5.75 Å². The Morgan fingerprint density at radius 3 is 2.00 bits per heavy atom. The van der Waals surface area contributed by atoms with Crippen LogP contribution in [0.4, 0.5) is 17.6 Å². The molecule has 0 unspecified atom stereocenters. The molecule has 0 saturated heterocycles. The van der Waals surface area contributed by atoms with Gasteiger partial charge in [0.2, 0.25) is 0 Å². The molecular weight excluding hydrogens is 284 g/mol. The van der Waals surface area contributed by atoms with Gasteiger partial charge in [0, 0.05) is 15.9 Å². The molecule has 1 aromatic rings. The minimum Gasteiger partial charge on any atom is -0.331 e. The molecule has 1 rings (SSSR count). The number of rotatable bonds is 4. The molecule has 0 N–H and O–H groups in total. The van der Waals surface area contributed by atoms with E-state index in [2.05, 4.69) is 9.78 Å². The largest absolute Gasteiger partial charge is 0.465 e. The monoisotopic (exact) mass is 288 g/mol. The average molecular weight is 289 g/mol. The molecular formula is C8H5BrF4O2. The molecule has 0 aliphatic carbocycles. The van der Waals surface area contributed by atoms with E-state index in [0.29, 0.717) is 0 Å². The van der Waals surface area contributed by atoms with Crippen LogP contribution >= 0.6 is 15.9 Å². The zero-order valence-electron chi connectivity index (χ0n) is 7.09. The zero-order valence-corrected chi connectivity index (χ0v) is 8.68. The van der Waals surface area contributed by atoms with Gasteiger partial charge in [-0.3, -0.25) is 0 Å². The summed E-state index contributed by atoms with van der Waals surface area (Å²) in [6, 6.07) is 7.11. The number of alkyl halides is 5. The molecule has 0 radical (unpaired) electrons.